The fraction of sp³-hybridized carbons (Fsp3) is 0.571. The SMILES string of the molecule is CN1CCC(NC(=O)NCCCc2nnc(C3CC3)n2-c2ccccc2)CC1. The van der Waals surface area contributed by atoms with E-state index in [2.05, 4.69) is 49.5 Å². The molecule has 2 fully saturated rings. The molecule has 2 amide bonds. The van der Waals surface area contributed by atoms with Crippen molar-refractivity contribution >= 4 is 6.03 Å². The Labute approximate surface area is 166 Å². The van der Waals surface area contributed by atoms with Crippen molar-refractivity contribution in [3.05, 3.63) is 42.0 Å². The summed E-state index contributed by atoms with van der Waals surface area (Å²) in [6.07, 6.45) is 6.08. The van der Waals surface area contributed by atoms with E-state index in [4.69, 9.17) is 0 Å². The Morgan fingerprint density at radius 1 is 1.11 bits per heavy atom. The van der Waals surface area contributed by atoms with Crippen LogP contribution in [0.25, 0.3) is 5.69 Å². The van der Waals surface area contributed by atoms with Crippen molar-refractivity contribution in [2.45, 2.75) is 50.5 Å². The highest BCUT2D eigenvalue weighted by Gasteiger charge is 2.30. The van der Waals surface area contributed by atoms with Crippen molar-refractivity contribution in [2.75, 3.05) is 26.7 Å². The molecule has 0 spiro atoms. The number of nitrogens with one attached hydrogen (secondary N) is 2. The largest absolute Gasteiger partial charge is 0.338 e. The van der Waals surface area contributed by atoms with Gasteiger partial charge in [-0.25, -0.2) is 4.79 Å². The van der Waals surface area contributed by atoms with Crippen LogP contribution in [-0.2, 0) is 6.42 Å². The molecule has 2 aliphatic rings. The average molecular weight is 383 g/mol. The Kier molecular flexibility index (Phi) is 5.90. The monoisotopic (exact) mass is 382 g/mol. The Morgan fingerprint density at radius 3 is 2.57 bits per heavy atom. The predicted molar refractivity (Wildman–Crippen MR) is 109 cm³/mol. The lowest BCUT2D eigenvalue weighted by molar-refractivity contribution is 0.214. The highest BCUT2D eigenvalue weighted by atomic mass is 16.2. The van der Waals surface area contributed by atoms with Crippen molar-refractivity contribution in [1.29, 1.82) is 0 Å². The van der Waals surface area contributed by atoms with Gasteiger partial charge in [-0.2, -0.15) is 0 Å². The molecule has 1 aromatic heterocycles. The molecule has 1 saturated heterocycles. The molecule has 0 bridgehead atoms. The third kappa shape index (κ3) is 4.70. The lowest BCUT2D eigenvalue weighted by atomic mass is 10.1. The van der Waals surface area contributed by atoms with Crippen molar-refractivity contribution in [1.82, 2.24) is 30.3 Å². The van der Waals surface area contributed by atoms with Crippen LogP contribution in [0.3, 0.4) is 0 Å². The highest BCUT2D eigenvalue weighted by molar-refractivity contribution is 5.74. The summed E-state index contributed by atoms with van der Waals surface area (Å²) < 4.78 is 2.20. The Bertz CT molecular complexity index is 777. The number of para-hydroxylation sites is 1. The molecule has 7 nitrogen and oxygen atoms in total. The van der Waals surface area contributed by atoms with Crippen LogP contribution in [0.4, 0.5) is 4.79 Å². The predicted octanol–water partition coefficient (Wildman–Crippen LogP) is 2.47. The summed E-state index contributed by atoms with van der Waals surface area (Å²) in [6.45, 7) is 2.73. The summed E-state index contributed by atoms with van der Waals surface area (Å²) in [7, 11) is 2.12. The van der Waals surface area contributed by atoms with E-state index in [9.17, 15) is 4.79 Å². The standard InChI is InChI=1S/C21H30N6O/c1-26-14-11-17(12-15-26)23-21(28)22-13-5-8-19-24-25-20(16-9-10-16)27(19)18-6-3-2-4-7-18/h2-4,6-7,16-17H,5,8-15H2,1H3,(H2,22,23,28). The van der Waals surface area contributed by atoms with Crippen LogP contribution in [0.15, 0.2) is 30.3 Å². The van der Waals surface area contributed by atoms with Gasteiger partial charge in [-0.15, -0.1) is 10.2 Å². The Hall–Kier alpha value is -2.41. The van der Waals surface area contributed by atoms with E-state index >= 15 is 0 Å². The Balaban J connectivity index is 1.28. The molecule has 1 aliphatic heterocycles. The molecule has 2 heterocycles. The summed E-state index contributed by atoms with van der Waals surface area (Å²) in [4.78, 5) is 14.4. The second-order valence-corrected chi connectivity index (χ2v) is 8.00. The number of nitrogens with zero attached hydrogens (tertiary/aromatic N) is 4. The number of hydrogen-bond donors (Lipinski definition) is 2. The maximum Gasteiger partial charge on any atom is 0.315 e. The second-order valence-electron chi connectivity index (χ2n) is 8.00. The molecule has 4 rings (SSSR count). The molecular weight excluding hydrogens is 352 g/mol. The van der Waals surface area contributed by atoms with E-state index in [1.807, 2.05) is 18.2 Å². The third-order valence-corrected chi connectivity index (χ3v) is 5.63. The number of hydrogen-bond acceptors (Lipinski definition) is 4. The molecule has 1 aliphatic carbocycles. The normalized spacial score (nSPS) is 18.2. The van der Waals surface area contributed by atoms with E-state index in [-0.39, 0.29) is 6.03 Å². The fourth-order valence-corrected chi connectivity index (χ4v) is 3.79. The first-order chi connectivity index (χ1) is 13.7. The number of aromatic nitrogens is 3. The topological polar surface area (TPSA) is 75.1 Å². The van der Waals surface area contributed by atoms with Crippen molar-refractivity contribution in [3.63, 3.8) is 0 Å². The zero-order chi connectivity index (χ0) is 19.3. The van der Waals surface area contributed by atoms with Gasteiger partial charge in [0.05, 0.1) is 0 Å². The third-order valence-electron chi connectivity index (χ3n) is 5.63. The van der Waals surface area contributed by atoms with E-state index in [1.165, 1.54) is 12.8 Å². The van der Waals surface area contributed by atoms with Crippen LogP contribution < -0.4 is 10.6 Å². The summed E-state index contributed by atoms with van der Waals surface area (Å²) >= 11 is 0. The minimum atomic E-state index is -0.0576. The number of rotatable bonds is 7. The molecule has 1 saturated carbocycles. The molecule has 7 heteroatoms. The molecule has 28 heavy (non-hydrogen) atoms. The number of piperidine rings is 1. The first kappa shape index (κ1) is 18.9. The number of amides is 2. The van der Waals surface area contributed by atoms with Crippen molar-refractivity contribution < 1.29 is 4.79 Å². The van der Waals surface area contributed by atoms with Crippen LogP contribution in [-0.4, -0.2) is 58.4 Å². The van der Waals surface area contributed by atoms with E-state index in [1.54, 1.807) is 0 Å². The number of urea groups is 1. The molecule has 2 N–H and O–H groups in total. The zero-order valence-corrected chi connectivity index (χ0v) is 16.6. The van der Waals surface area contributed by atoms with Crippen molar-refractivity contribution in [3.8, 4) is 5.69 Å². The van der Waals surface area contributed by atoms with Gasteiger partial charge in [0.25, 0.3) is 0 Å². The second kappa shape index (κ2) is 8.73. The summed E-state index contributed by atoms with van der Waals surface area (Å²) in [5.74, 6) is 2.60. The molecule has 0 atom stereocenters. The fourth-order valence-electron chi connectivity index (χ4n) is 3.79. The van der Waals surface area contributed by atoms with Gasteiger partial charge < -0.3 is 15.5 Å². The van der Waals surface area contributed by atoms with Crippen molar-refractivity contribution in [2.24, 2.45) is 0 Å². The molecule has 150 valence electrons. The summed E-state index contributed by atoms with van der Waals surface area (Å²) in [5.41, 5.74) is 1.12. The number of carbonyl (C=O) groups is 1. The molecular formula is C21H30N6O. The maximum atomic E-state index is 12.1. The van der Waals surface area contributed by atoms with E-state index in [0.717, 1.165) is 56.1 Å². The molecule has 2 aromatic rings. The van der Waals surface area contributed by atoms with Gasteiger partial charge in [-0.3, -0.25) is 4.57 Å². The minimum Gasteiger partial charge on any atom is -0.338 e. The number of aryl methyl sites for hydroxylation is 1. The lowest BCUT2D eigenvalue weighted by Gasteiger charge is -2.29. The lowest BCUT2D eigenvalue weighted by Crippen LogP contribution is -2.47. The minimum absolute atomic E-state index is 0.0576. The van der Waals surface area contributed by atoms with Crippen LogP contribution >= 0.6 is 0 Å². The number of benzene rings is 1. The van der Waals surface area contributed by atoms with Gasteiger partial charge in [0.15, 0.2) is 0 Å². The average Bonchev–Trinajstić information content (AvgIpc) is 3.47. The van der Waals surface area contributed by atoms with Gasteiger partial charge in [0, 0.05) is 30.6 Å². The first-order valence-corrected chi connectivity index (χ1v) is 10.4. The molecule has 0 unspecified atom stereocenters. The number of carbonyl (C=O) groups excluding carboxylic acids is 1. The Morgan fingerprint density at radius 2 is 1.86 bits per heavy atom. The van der Waals surface area contributed by atoms with Gasteiger partial charge in [0.1, 0.15) is 11.6 Å². The van der Waals surface area contributed by atoms with E-state index < -0.39 is 0 Å². The van der Waals surface area contributed by atoms with Crippen LogP contribution in [0.1, 0.15) is 49.7 Å². The first-order valence-electron chi connectivity index (χ1n) is 10.4. The molecule has 1 aromatic carbocycles. The highest BCUT2D eigenvalue weighted by Crippen LogP contribution is 2.40. The van der Waals surface area contributed by atoms with Gasteiger partial charge in [-0.1, -0.05) is 18.2 Å². The van der Waals surface area contributed by atoms with Gasteiger partial charge in [-0.05, 0) is 64.4 Å². The quantitative estimate of drug-likeness (QED) is 0.722. The smallest absolute Gasteiger partial charge is 0.315 e. The molecule has 0 radical (unpaired) electrons. The van der Waals surface area contributed by atoms with Gasteiger partial charge >= 0.3 is 6.03 Å². The van der Waals surface area contributed by atoms with Crippen LogP contribution in [0, 0.1) is 0 Å². The summed E-state index contributed by atoms with van der Waals surface area (Å²) in [5, 5.41) is 15.0. The maximum absolute atomic E-state index is 12.1. The van der Waals surface area contributed by atoms with Crippen LogP contribution in [0.2, 0.25) is 0 Å². The van der Waals surface area contributed by atoms with E-state index in [0.29, 0.717) is 18.5 Å². The summed E-state index contributed by atoms with van der Waals surface area (Å²) in [6, 6.07) is 10.6. The zero-order valence-electron chi connectivity index (χ0n) is 16.6. The van der Waals surface area contributed by atoms with Gasteiger partial charge in [0.2, 0.25) is 0 Å². The number of likely N-dealkylation sites (tertiary alicyclic amines) is 1. The van der Waals surface area contributed by atoms with Crippen LogP contribution in [0.5, 0.6) is 0 Å².